The van der Waals surface area contributed by atoms with Crippen molar-refractivity contribution in [3.05, 3.63) is 30.3 Å². The molecule has 0 heterocycles. The molecule has 3 nitrogen and oxygen atoms in total. The maximum atomic E-state index is 9.39. The molecular formula is C24H44BrNO2. The summed E-state index contributed by atoms with van der Waals surface area (Å²) in [6.07, 6.45) is 14.5. The van der Waals surface area contributed by atoms with E-state index in [1.807, 2.05) is 30.3 Å². The number of rotatable bonds is 17. The topological polar surface area (TPSA) is 29.5 Å². The number of nitrogens with zero attached hydrogens (tertiary/aromatic N) is 1. The van der Waals surface area contributed by atoms with E-state index >= 15 is 0 Å². The Morgan fingerprint density at radius 1 is 0.857 bits per heavy atom. The first kappa shape index (κ1) is 27.4. The minimum absolute atomic E-state index is 0. The molecule has 1 rings (SSSR count). The number of aliphatic hydroxyl groups excluding tert-OH is 1. The molecule has 0 spiro atoms. The molecule has 1 N–H and O–H groups in total. The normalized spacial score (nSPS) is 12.4. The number of benzene rings is 1. The van der Waals surface area contributed by atoms with E-state index in [1.165, 1.54) is 70.8 Å². The lowest BCUT2D eigenvalue weighted by Gasteiger charge is -2.33. The lowest BCUT2D eigenvalue weighted by molar-refractivity contribution is -0.893. The molecule has 4 heteroatoms. The standard InChI is InChI=1S/C24H44NO2.BrH/c1-4-5-6-7-8-9-10-11-12-16-20-25(2,3)22-24(19-21-26)27-23-17-14-13-15-18-23;/h13-15,17-18,24,26H,4-12,16,19-22H2,1-3H3;1H/q+1;/p-1. The summed E-state index contributed by atoms with van der Waals surface area (Å²) in [5, 5.41) is 9.39. The smallest absolute Gasteiger partial charge is 0.149 e. The predicted octanol–water partition coefficient (Wildman–Crippen LogP) is 2.82. The monoisotopic (exact) mass is 457 g/mol. The van der Waals surface area contributed by atoms with Gasteiger partial charge in [-0.15, -0.1) is 0 Å². The molecule has 28 heavy (non-hydrogen) atoms. The Morgan fingerprint density at radius 2 is 1.39 bits per heavy atom. The number of quaternary nitrogens is 1. The Labute approximate surface area is 184 Å². The number of hydrogen-bond donors (Lipinski definition) is 1. The van der Waals surface area contributed by atoms with Gasteiger partial charge in [-0.05, 0) is 25.0 Å². The van der Waals surface area contributed by atoms with Crippen LogP contribution >= 0.6 is 0 Å². The van der Waals surface area contributed by atoms with Gasteiger partial charge < -0.3 is 31.3 Å². The molecule has 0 fully saturated rings. The van der Waals surface area contributed by atoms with Crippen LogP contribution in [0.15, 0.2) is 30.3 Å². The highest BCUT2D eigenvalue weighted by atomic mass is 79.9. The van der Waals surface area contributed by atoms with Crippen molar-refractivity contribution >= 4 is 0 Å². The van der Waals surface area contributed by atoms with Crippen molar-refractivity contribution in [2.24, 2.45) is 0 Å². The second kappa shape index (κ2) is 17.3. The van der Waals surface area contributed by atoms with Gasteiger partial charge in [0.05, 0.1) is 20.6 Å². The van der Waals surface area contributed by atoms with Crippen molar-refractivity contribution < 1.29 is 31.3 Å². The van der Waals surface area contributed by atoms with Crippen LogP contribution in [0, 0.1) is 0 Å². The third kappa shape index (κ3) is 14.4. The number of para-hydroxylation sites is 1. The third-order valence-electron chi connectivity index (χ3n) is 5.31. The van der Waals surface area contributed by atoms with Crippen molar-refractivity contribution in [2.45, 2.75) is 83.7 Å². The summed E-state index contributed by atoms with van der Waals surface area (Å²) >= 11 is 0. The van der Waals surface area contributed by atoms with Gasteiger partial charge in [-0.2, -0.15) is 0 Å². The molecular weight excluding hydrogens is 414 g/mol. The van der Waals surface area contributed by atoms with Crippen molar-refractivity contribution in [3.8, 4) is 5.75 Å². The molecule has 1 aromatic carbocycles. The summed E-state index contributed by atoms with van der Waals surface area (Å²) < 4.78 is 7.07. The van der Waals surface area contributed by atoms with Crippen molar-refractivity contribution in [2.75, 3.05) is 33.8 Å². The summed E-state index contributed by atoms with van der Waals surface area (Å²) in [6, 6.07) is 9.97. The van der Waals surface area contributed by atoms with Crippen molar-refractivity contribution in [1.82, 2.24) is 0 Å². The minimum Gasteiger partial charge on any atom is -1.00 e. The van der Waals surface area contributed by atoms with Gasteiger partial charge in [0.25, 0.3) is 0 Å². The van der Waals surface area contributed by atoms with Gasteiger partial charge in [0.2, 0.25) is 0 Å². The fourth-order valence-corrected chi connectivity index (χ4v) is 3.69. The molecule has 0 bridgehead atoms. The van der Waals surface area contributed by atoms with Gasteiger partial charge in [0.1, 0.15) is 18.4 Å². The maximum absolute atomic E-state index is 9.39. The van der Waals surface area contributed by atoms with Gasteiger partial charge in [-0.1, -0.05) is 76.5 Å². The molecule has 0 amide bonds. The van der Waals surface area contributed by atoms with Crippen molar-refractivity contribution in [1.29, 1.82) is 0 Å². The quantitative estimate of drug-likeness (QED) is 0.287. The van der Waals surface area contributed by atoms with Crippen molar-refractivity contribution in [3.63, 3.8) is 0 Å². The van der Waals surface area contributed by atoms with Gasteiger partial charge in [0.15, 0.2) is 0 Å². The van der Waals surface area contributed by atoms with Gasteiger partial charge in [-0.3, -0.25) is 0 Å². The largest absolute Gasteiger partial charge is 1.00 e. The van der Waals surface area contributed by atoms with E-state index in [9.17, 15) is 5.11 Å². The summed E-state index contributed by atoms with van der Waals surface area (Å²) in [6.45, 7) is 4.57. The predicted molar refractivity (Wildman–Crippen MR) is 116 cm³/mol. The molecule has 0 saturated heterocycles. The summed E-state index contributed by atoms with van der Waals surface area (Å²) in [7, 11) is 4.57. The average molecular weight is 459 g/mol. The first-order valence-electron chi connectivity index (χ1n) is 11.2. The fourth-order valence-electron chi connectivity index (χ4n) is 3.69. The fraction of sp³-hybridized carbons (Fsp3) is 0.750. The highest BCUT2D eigenvalue weighted by Gasteiger charge is 2.23. The van der Waals surface area contributed by atoms with Crippen LogP contribution in [0.2, 0.25) is 0 Å². The molecule has 0 aromatic heterocycles. The number of unbranched alkanes of at least 4 members (excludes halogenated alkanes) is 9. The molecule has 0 aliphatic carbocycles. The molecule has 164 valence electrons. The second-order valence-corrected chi connectivity index (χ2v) is 8.59. The number of halogens is 1. The SMILES string of the molecule is CCCCCCCCCCCC[N+](C)(C)CC(CCO)Oc1ccccc1.[Br-]. The molecule has 1 atom stereocenters. The summed E-state index contributed by atoms with van der Waals surface area (Å²) in [5.41, 5.74) is 0. The lowest BCUT2D eigenvalue weighted by Crippen LogP contribution is -3.00. The zero-order chi connectivity index (χ0) is 19.8. The first-order valence-corrected chi connectivity index (χ1v) is 11.2. The molecule has 1 aromatic rings. The van der Waals surface area contributed by atoms with E-state index in [0.29, 0.717) is 6.42 Å². The summed E-state index contributed by atoms with van der Waals surface area (Å²) in [4.78, 5) is 0. The molecule has 0 aliphatic rings. The molecule has 0 saturated carbocycles. The Balaban J connectivity index is 0.00000729. The van der Waals surface area contributed by atoms with Gasteiger partial charge in [0, 0.05) is 13.0 Å². The van der Waals surface area contributed by atoms with Crippen LogP contribution in [-0.4, -0.2) is 49.5 Å². The molecule has 0 radical (unpaired) electrons. The van der Waals surface area contributed by atoms with Gasteiger partial charge in [-0.25, -0.2) is 0 Å². The zero-order valence-corrected chi connectivity index (χ0v) is 20.1. The third-order valence-corrected chi connectivity index (χ3v) is 5.31. The van der Waals surface area contributed by atoms with Crippen LogP contribution in [-0.2, 0) is 0 Å². The van der Waals surface area contributed by atoms with E-state index in [-0.39, 0.29) is 29.7 Å². The van der Waals surface area contributed by atoms with E-state index in [0.717, 1.165) is 16.8 Å². The highest BCUT2D eigenvalue weighted by molar-refractivity contribution is 5.21. The lowest BCUT2D eigenvalue weighted by atomic mass is 10.1. The van der Waals surface area contributed by atoms with E-state index in [4.69, 9.17) is 4.74 Å². The number of aliphatic hydroxyl groups is 1. The van der Waals surface area contributed by atoms with Crippen LogP contribution in [0.5, 0.6) is 5.75 Å². The van der Waals surface area contributed by atoms with Crippen LogP contribution in [0.1, 0.15) is 77.6 Å². The molecule has 1 unspecified atom stereocenters. The average Bonchev–Trinajstić information content (AvgIpc) is 2.64. The van der Waals surface area contributed by atoms with Crippen LogP contribution < -0.4 is 21.7 Å². The van der Waals surface area contributed by atoms with E-state index in [2.05, 4.69) is 21.0 Å². The molecule has 0 aliphatic heterocycles. The highest BCUT2D eigenvalue weighted by Crippen LogP contribution is 2.16. The Hall–Kier alpha value is -0.580. The Bertz CT molecular complexity index is 453. The Kier molecular flexibility index (Phi) is 16.9. The van der Waals surface area contributed by atoms with Gasteiger partial charge >= 0.3 is 0 Å². The van der Waals surface area contributed by atoms with E-state index < -0.39 is 0 Å². The Morgan fingerprint density at radius 3 is 1.93 bits per heavy atom. The van der Waals surface area contributed by atoms with Crippen LogP contribution in [0.4, 0.5) is 0 Å². The second-order valence-electron chi connectivity index (χ2n) is 8.59. The maximum Gasteiger partial charge on any atom is 0.149 e. The summed E-state index contributed by atoms with van der Waals surface area (Å²) in [5.74, 6) is 0.898. The number of likely N-dealkylation sites (N-methyl/N-ethyl adjacent to an activating group) is 1. The minimum atomic E-state index is 0. The van der Waals surface area contributed by atoms with Crippen LogP contribution in [0.3, 0.4) is 0 Å². The van der Waals surface area contributed by atoms with E-state index in [1.54, 1.807) is 0 Å². The first-order chi connectivity index (χ1) is 13.1. The number of hydrogen-bond acceptors (Lipinski definition) is 2. The zero-order valence-electron chi connectivity index (χ0n) is 18.5. The van der Waals surface area contributed by atoms with Crippen LogP contribution in [0.25, 0.3) is 0 Å². The number of ether oxygens (including phenoxy) is 1.